The quantitative estimate of drug-likeness (QED) is 0.484. The van der Waals surface area contributed by atoms with Crippen molar-refractivity contribution in [2.45, 2.75) is 45.2 Å². The Morgan fingerprint density at radius 2 is 2.10 bits per heavy atom. The van der Waals surface area contributed by atoms with Crippen molar-refractivity contribution in [1.29, 1.82) is 0 Å². The molecule has 5 nitrogen and oxygen atoms in total. The Balaban J connectivity index is 2.35. The fourth-order valence-electron chi connectivity index (χ4n) is 2.41. The predicted molar refractivity (Wildman–Crippen MR) is 79.7 cm³/mol. The average Bonchev–Trinajstić information content (AvgIpc) is 3.16. The van der Waals surface area contributed by atoms with Crippen molar-refractivity contribution >= 4 is 5.97 Å². The number of nitrogens with one attached hydrogen (secondary N) is 1. The molecule has 1 atom stereocenters. The zero-order valence-corrected chi connectivity index (χ0v) is 13.6. The molecule has 1 N–H and O–H groups in total. The lowest BCUT2D eigenvalue weighted by molar-refractivity contribution is -0.149. The molecule has 0 aromatic heterocycles. The first-order chi connectivity index (χ1) is 9.37. The zero-order valence-electron chi connectivity index (χ0n) is 13.6. The summed E-state index contributed by atoms with van der Waals surface area (Å²) in [5.74, 6) is 0.570. The van der Waals surface area contributed by atoms with Crippen molar-refractivity contribution in [3.05, 3.63) is 0 Å². The molecular formula is C15H30N2O3. The normalized spacial score (nSPS) is 18.4. The first-order valence-electron chi connectivity index (χ1n) is 7.50. The van der Waals surface area contributed by atoms with Gasteiger partial charge in [0.2, 0.25) is 0 Å². The Bertz CT molecular complexity index is 305. The van der Waals surface area contributed by atoms with Gasteiger partial charge in [0.05, 0.1) is 13.7 Å². The molecule has 1 fully saturated rings. The molecule has 0 saturated heterocycles. The fraction of sp³-hybridized carbons (Fsp3) is 0.933. The Labute approximate surface area is 123 Å². The number of rotatable bonds is 10. The lowest BCUT2D eigenvalue weighted by Gasteiger charge is -2.33. The number of ether oxygens (including phenoxy) is 2. The van der Waals surface area contributed by atoms with Gasteiger partial charge < -0.3 is 14.4 Å². The second kappa shape index (κ2) is 7.96. The van der Waals surface area contributed by atoms with Crippen LogP contribution in [0.5, 0.6) is 0 Å². The van der Waals surface area contributed by atoms with E-state index >= 15 is 0 Å². The summed E-state index contributed by atoms with van der Waals surface area (Å²) in [6, 6.07) is 0.221. The highest BCUT2D eigenvalue weighted by Crippen LogP contribution is 2.28. The molecule has 1 aliphatic carbocycles. The van der Waals surface area contributed by atoms with Crippen LogP contribution >= 0.6 is 0 Å². The molecule has 1 saturated carbocycles. The minimum Gasteiger partial charge on any atom is -0.468 e. The van der Waals surface area contributed by atoms with E-state index in [4.69, 9.17) is 9.47 Å². The average molecular weight is 286 g/mol. The summed E-state index contributed by atoms with van der Waals surface area (Å²) < 4.78 is 10.6. The summed E-state index contributed by atoms with van der Waals surface area (Å²) in [5, 5.41) is 3.30. The van der Waals surface area contributed by atoms with Crippen molar-refractivity contribution in [2.24, 2.45) is 5.92 Å². The van der Waals surface area contributed by atoms with Crippen LogP contribution < -0.4 is 5.32 Å². The number of esters is 1. The first-order valence-corrected chi connectivity index (χ1v) is 7.50. The van der Waals surface area contributed by atoms with Crippen LogP contribution in [-0.2, 0) is 14.3 Å². The second-order valence-electron chi connectivity index (χ2n) is 6.38. The number of carbonyl (C=O) groups excluding carboxylic acids is 1. The maximum Gasteiger partial charge on any atom is 0.327 e. The third kappa shape index (κ3) is 6.20. The van der Waals surface area contributed by atoms with Gasteiger partial charge in [-0.15, -0.1) is 0 Å². The van der Waals surface area contributed by atoms with Gasteiger partial charge in [0, 0.05) is 25.7 Å². The standard InChI is InChI=1S/C15H30N2O3/c1-12(2)16-15(3,14(18)19-5)11-17(4)8-9-20-10-13-6-7-13/h12-13,16H,6-11H2,1-5H3. The smallest absolute Gasteiger partial charge is 0.327 e. The molecule has 0 radical (unpaired) electrons. The lowest BCUT2D eigenvalue weighted by Crippen LogP contribution is -2.59. The number of nitrogens with zero attached hydrogens (tertiary/aromatic N) is 1. The van der Waals surface area contributed by atoms with E-state index in [1.807, 2.05) is 27.8 Å². The number of hydrogen-bond acceptors (Lipinski definition) is 5. The van der Waals surface area contributed by atoms with Gasteiger partial charge in [-0.2, -0.15) is 0 Å². The molecule has 0 bridgehead atoms. The van der Waals surface area contributed by atoms with Gasteiger partial charge in [-0.1, -0.05) is 0 Å². The highest BCUT2D eigenvalue weighted by Gasteiger charge is 2.35. The van der Waals surface area contributed by atoms with E-state index in [1.54, 1.807) is 0 Å². The molecule has 1 aliphatic rings. The van der Waals surface area contributed by atoms with Crippen LogP contribution in [0.1, 0.15) is 33.6 Å². The Morgan fingerprint density at radius 3 is 2.60 bits per heavy atom. The van der Waals surface area contributed by atoms with Crippen LogP contribution in [0.15, 0.2) is 0 Å². The van der Waals surface area contributed by atoms with Crippen molar-refractivity contribution in [2.75, 3.05) is 40.5 Å². The summed E-state index contributed by atoms with van der Waals surface area (Å²) in [5.41, 5.74) is -0.686. The van der Waals surface area contributed by atoms with Crippen LogP contribution in [0.2, 0.25) is 0 Å². The van der Waals surface area contributed by atoms with Crippen molar-refractivity contribution in [3.63, 3.8) is 0 Å². The van der Waals surface area contributed by atoms with E-state index in [0.29, 0.717) is 13.2 Å². The summed E-state index contributed by atoms with van der Waals surface area (Å²) in [6.45, 7) is 8.96. The molecule has 0 aromatic rings. The van der Waals surface area contributed by atoms with Crippen LogP contribution in [0, 0.1) is 5.92 Å². The topological polar surface area (TPSA) is 50.8 Å². The molecular weight excluding hydrogens is 256 g/mol. The Hall–Kier alpha value is -0.650. The third-order valence-electron chi connectivity index (χ3n) is 3.50. The van der Waals surface area contributed by atoms with Gasteiger partial charge in [0.25, 0.3) is 0 Å². The number of hydrogen-bond donors (Lipinski definition) is 1. The van der Waals surface area contributed by atoms with Crippen molar-refractivity contribution < 1.29 is 14.3 Å². The van der Waals surface area contributed by atoms with E-state index in [9.17, 15) is 4.79 Å². The second-order valence-corrected chi connectivity index (χ2v) is 6.38. The Morgan fingerprint density at radius 1 is 1.45 bits per heavy atom. The SMILES string of the molecule is COC(=O)C(C)(CN(C)CCOCC1CC1)NC(C)C. The molecule has 20 heavy (non-hydrogen) atoms. The van der Waals surface area contributed by atoms with E-state index in [-0.39, 0.29) is 12.0 Å². The van der Waals surface area contributed by atoms with Crippen LogP contribution in [0.4, 0.5) is 0 Å². The molecule has 118 valence electrons. The largest absolute Gasteiger partial charge is 0.468 e. The fourth-order valence-corrected chi connectivity index (χ4v) is 2.41. The molecule has 1 rings (SSSR count). The Kier molecular flexibility index (Phi) is 6.92. The maximum atomic E-state index is 12.0. The van der Waals surface area contributed by atoms with Crippen LogP contribution in [0.25, 0.3) is 0 Å². The van der Waals surface area contributed by atoms with E-state index in [1.165, 1.54) is 20.0 Å². The third-order valence-corrected chi connectivity index (χ3v) is 3.50. The van der Waals surface area contributed by atoms with Crippen LogP contribution in [-0.4, -0.2) is 62.9 Å². The highest BCUT2D eigenvalue weighted by molar-refractivity contribution is 5.80. The van der Waals surface area contributed by atoms with E-state index < -0.39 is 5.54 Å². The predicted octanol–water partition coefficient (Wildman–Crippen LogP) is 1.27. The van der Waals surface area contributed by atoms with Gasteiger partial charge in [0.15, 0.2) is 0 Å². The summed E-state index contributed by atoms with van der Waals surface area (Å²) in [7, 11) is 3.44. The number of methoxy groups -OCH3 is 1. The lowest BCUT2D eigenvalue weighted by atomic mass is 10.0. The maximum absolute atomic E-state index is 12.0. The molecule has 0 aromatic carbocycles. The minimum absolute atomic E-state index is 0.221. The van der Waals surface area contributed by atoms with Crippen molar-refractivity contribution in [1.82, 2.24) is 10.2 Å². The van der Waals surface area contributed by atoms with E-state index in [0.717, 1.165) is 19.1 Å². The molecule has 0 amide bonds. The first kappa shape index (κ1) is 17.4. The van der Waals surface area contributed by atoms with Gasteiger partial charge in [-0.3, -0.25) is 10.1 Å². The number of carbonyl (C=O) groups is 1. The summed E-state index contributed by atoms with van der Waals surface area (Å²) in [4.78, 5) is 14.1. The van der Waals surface area contributed by atoms with Gasteiger partial charge >= 0.3 is 5.97 Å². The van der Waals surface area contributed by atoms with Crippen LogP contribution in [0.3, 0.4) is 0 Å². The molecule has 1 unspecified atom stereocenters. The molecule has 5 heteroatoms. The van der Waals surface area contributed by atoms with Gasteiger partial charge in [-0.05, 0) is 46.6 Å². The molecule has 0 aliphatic heterocycles. The minimum atomic E-state index is -0.686. The zero-order chi connectivity index (χ0) is 15.2. The van der Waals surface area contributed by atoms with Crippen molar-refractivity contribution in [3.8, 4) is 0 Å². The van der Waals surface area contributed by atoms with E-state index in [2.05, 4.69) is 10.2 Å². The monoisotopic (exact) mass is 286 g/mol. The highest BCUT2D eigenvalue weighted by atomic mass is 16.5. The molecule has 0 spiro atoms. The summed E-state index contributed by atoms with van der Waals surface area (Å²) >= 11 is 0. The van der Waals surface area contributed by atoms with Gasteiger partial charge in [0.1, 0.15) is 5.54 Å². The number of likely N-dealkylation sites (N-methyl/N-ethyl adjacent to an activating group) is 1. The van der Waals surface area contributed by atoms with Gasteiger partial charge in [-0.25, -0.2) is 0 Å². The summed E-state index contributed by atoms with van der Waals surface area (Å²) in [6.07, 6.45) is 2.63. The molecule has 0 heterocycles.